The number of aliphatic hydroxyl groups is 2. The fourth-order valence-corrected chi connectivity index (χ4v) is 14.8. The number of nitrogens with one attached hydrogen (secondary N) is 1. The molecule has 4 aliphatic heterocycles. The Balaban J connectivity index is 1.14. The van der Waals surface area contributed by atoms with Crippen molar-refractivity contribution in [2.75, 3.05) is 19.8 Å². The van der Waals surface area contributed by atoms with Gasteiger partial charge in [0.25, 0.3) is 0 Å². The van der Waals surface area contributed by atoms with Crippen molar-refractivity contribution >= 4 is 22.9 Å². The number of carbonyl (C=O) groups is 2. The number of nitrogens with zero attached hydrogens (tertiary/aromatic N) is 1. The number of aryl methyl sites for hydroxylation is 1. The van der Waals surface area contributed by atoms with E-state index in [2.05, 4.69) is 78.9 Å². The highest BCUT2D eigenvalue weighted by atomic mass is 16.6. The molecule has 0 aromatic heterocycles. The van der Waals surface area contributed by atoms with Gasteiger partial charge >= 0.3 is 0 Å². The van der Waals surface area contributed by atoms with Gasteiger partial charge in [0.1, 0.15) is 23.8 Å². The van der Waals surface area contributed by atoms with Gasteiger partial charge in [-0.3, -0.25) is 19.5 Å². The number of Topliss-reactive ketones (excluding diaryl/α,β-unsaturated/α-hetero) is 2. The Hall–Kier alpha value is -3.21. The largest absolute Gasteiger partial charge is 0.877 e. The van der Waals surface area contributed by atoms with Gasteiger partial charge in [-0.2, -0.15) is 0 Å². The maximum absolute atomic E-state index is 14.8. The predicted octanol–water partition coefficient (Wildman–Crippen LogP) is 5.97. The first-order valence-electron chi connectivity index (χ1n) is 23.0. The van der Waals surface area contributed by atoms with Crippen LogP contribution in [0.2, 0.25) is 0 Å². The van der Waals surface area contributed by atoms with Crippen LogP contribution in [0.5, 0.6) is 0 Å². The van der Waals surface area contributed by atoms with Gasteiger partial charge < -0.3 is 24.8 Å². The number of carbonyl (C=O) groups excluding carboxylic acids is 2. The lowest BCUT2D eigenvalue weighted by atomic mass is 9.34. The Bertz CT molecular complexity index is 2140. The molecule has 9 rings (SSSR count). The lowest BCUT2D eigenvalue weighted by Gasteiger charge is -2.69. The lowest BCUT2D eigenvalue weighted by Crippen LogP contribution is -3.11. The van der Waals surface area contributed by atoms with Crippen LogP contribution in [0.3, 0.4) is 0 Å². The van der Waals surface area contributed by atoms with Crippen LogP contribution in [0.1, 0.15) is 129 Å². The molecule has 0 radical (unpaired) electrons. The number of fused-ring (bicyclic) bond motifs is 6. The van der Waals surface area contributed by atoms with E-state index in [0.717, 1.165) is 90.0 Å². The quantitative estimate of drug-likeness (QED) is 0.207. The summed E-state index contributed by atoms with van der Waals surface area (Å²) in [5, 5.41) is 38.1. The second-order valence-electron chi connectivity index (χ2n) is 22.1. The number of epoxide rings is 1. The summed E-state index contributed by atoms with van der Waals surface area (Å²) < 4.78 is 11.5. The smallest absolute Gasteiger partial charge is 0.160 e. The molecular weight excluding hydrogens is 753 g/mol. The zero-order chi connectivity index (χ0) is 42.9. The van der Waals surface area contributed by atoms with Crippen LogP contribution < -0.4 is 10.0 Å². The second-order valence-corrected chi connectivity index (χ2v) is 22.1. The van der Waals surface area contributed by atoms with Crippen LogP contribution in [-0.2, 0) is 19.1 Å². The third-order valence-corrected chi connectivity index (χ3v) is 18.0. The SMILES string of the molecule is Cc1cc(C(=C[O-])C2=C[NH+](C[C@@H]3C4=C([C@H](C)C[C@@H](O)[C@@H]5OC5(C)C)C(=O)C[C@@]4(C)[C@@]4(C)CC[C@H]5C(C)(C)C(=O)CC[C@]5(C)[C@@H]4[C@@H]3O)C3C=CN=C23)cc(C2CCOCC2)c1. The van der Waals surface area contributed by atoms with Crippen LogP contribution in [0.4, 0.5) is 0 Å². The highest BCUT2D eigenvalue weighted by molar-refractivity contribution is 6.17. The molecule has 324 valence electrons. The number of ketones is 2. The standard InChI is InChI=1S/C51H68N2O7/c1-28-20-31(30-13-18-59-19-14-30)23-32(21-28)35(27-54)33-25-53(36-12-17-52-43(33)36)26-34-42-41(29(2)22-37(55)46-48(5,6)60-46)38(56)24-51(42,9)50(8)16-10-39-47(3,4)40(57)11-15-49(39,7)45(50)44(34)58/h12,17,20-21,23,25,27,29-30,34,36-37,39,44-46,54-55,58H,10-11,13-16,18-19,22,24,26H2,1-9H3/t29-,34-,36?,37-,39+,44-,45+,46+,49+,50+,51-/m1/s1. The van der Waals surface area contributed by atoms with Gasteiger partial charge in [0.05, 0.1) is 35.8 Å². The Morgan fingerprint density at radius 2 is 1.77 bits per heavy atom. The topological polar surface area (TPSA) is 136 Å². The highest BCUT2D eigenvalue weighted by Crippen LogP contribution is 2.74. The van der Waals surface area contributed by atoms with E-state index in [4.69, 9.17) is 14.5 Å². The van der Waals surface area contributed by atoms with Crippen LogP contribution in [0.25, 0.3) is 5.57 Å². The number of benzene rings is 1. The number of allylic oxidation sites excluding steroid dienone is 2. The molecule has 8 aliphatic rings. The summed E-state index contributed by atoms with van der Waals surface area (Å²) in [5.41, 5.74) is 5.26. The number of aliphatic hydroxyl groups excluding tert-OH is 2. The molecule has 9 heteroatoms. The average Bonchev–Trinajstić information content (AvgIpc) is 3.48. The fourth-order valence-electron chi connectivity index (χ4n) is 14.8. The van der Waals surface area contributed by atoms with Gasteiger partial charge in [-0.1, -0.05) is 65.3 Å². The van der Waals surface area contributed by atoms with E-state index < -0.39 is 34.1 Å². The summed E-state index contributed by atoms with van der Waals surface area (Å²) in [6, 6.07) is 6.38. The van der Waals surface area contributed by atoms with Crippen LogP contribution in [0, 0.1) is 52.3 Å². The van der Waals surface area contributed by atoms with E-state index in [1.54, 1.807) is 0 Å². The minimum absolute atomic E-state index is 0.119. The molecule has 0 spiro atoms. The number of quaternary nitrogens is 1. The van der Waals surface area contributed by atoms with Gasteiger partial charge in [-0.05, 0) is 128 Å². The number of hydrogen-bond donors (Lipinski definition) is 3. The van der Waals surface area contributed by atoms with Crippen molar-refractivity contribution in [3.8, 4) is 0 Å². The number of aliphatic imine (C=N–C) groups is 1. The third kappa shape index (κ3) is 6.21. The summed E-state index contributed by atoms with van der Waals surface area (Å²) in [4.78, 5) is 34.3. The van der Waals surface area contributed by atoms with E-state index in [9.17, 15) is 24.9 Å². The van der Waals surface area contributed by atoms with E-state index in [-0.39, 0.29) is 47.0 Å². The second kappa shape index (κ2) is 14.4. The van der Waals surface area contributed by atoms with Gasteiger partial charge in [0, 0.05) is 43.1 Å². The number of ether oxygens (including phenoxy) is 2. The molecule has 60 heavy (non-hydrogen) atoms. The van der Waals surface area contributed by atoms with Gasteiger partial charge in [0.15, 0.2) is 11.8 Å². The van der Waals surface area contributed by atoms with Crippen molar-refractivity contribution in [1.29, 1.82) is 0 Å². The molecule has 3 N–H and O–H groups in total. The van der Waals surface area contributed by atoms with E-state index in [1.165, 1.54) is 5.56 Å². The van der Waals surface area contributed by atoms with Crippen molar-refractivity contribution < 1.29 is 39.3 Å². The van der Waals surface area contributed by atoms with Crippen LogP contribution >= 0.6 is 0 Å². The Labute approximate surface area is 357 Å². The molecule has 3 saturated carbocycles. The van der Waals surface area contributed by atoms with Gasteiger partial charge in [-0.25, -0.2) is 0 Å². The van der Waals surface area contributed by atoms with Crippen molar-refractivity contribution in [2.24, 2.45) is 50.3 Å². The molecule has 12 atom stereocenters. The maximum atomic E-state index is 14.8. The van der Waals surface area contributed by atoms with Crippen molar-refractivity contribution in [1.82, 2.24) is 0 Å². The van der Waals surface area contributed by atoms with Crippen LogP contribution in [0.15, 0.2) is 64.6 Å². The molecule has 5 fully saturated rings. The van der Waals surface area contributed by atoms with E-state index >= 15 is 0 Å². The number of rotatable bonds is 9. The number of hydrogen-bond acceptors (Lipinski definition) is 8. The van der Waals surface area contributed by atoms with Gasteiger partial charge in [0.2, 0.25) is 0 Å². The highest BCUT2D eigenvalue weighted by Gasteiger charge is 2.72. The first-order valence-corrected chi connectivity index (χ1v) is 23.0. The molecule has 9 nitrogen and oxygen atoms in total. The van der Waals surface area contributed by atoms with E-state index in [0.29, 0.717) is 43.1 Å². The zero-order valence-electron chi connectivity index (χ0n) is 37.4. The zero-order valence-corrected chi connectivity index (χ0v) is 37.4. The maximum Gasteiger partial charge on any atom is 0.160 e. The minimum Gasteiger partial charge on any atom is -0.877 e. The molecule has 1 aromatic rings. The molecule has 4 aliphatic carbocycles. The molecule has 2 saturated heterocycles. The van der Waals surface area contributed by atoms with Crippen molar-refractivity contribution in [2.45, 2.75) is 150 Å². The Morgan fingerprint density at radius 3 is 2.45 bits per heavy atom. The monoisotopic (exact) mass is 821 g/mol. The summed E-state index contributed by atoms with van der Waals surface area (Å²) in [5.74, 6) is 0.183. The molecule has 0 bridgehead atoms. The molecule has 2 unspecified atom stereocenters. The summed E-state index contributed by atoms with van der Waals surface area (Å²) >= 11 is 0. The third-order valence-electron chi connectivity index (χ3n) is 18.0. The summed E-state index contributed by atoms with van der Waals surface area (Å²) in [7, 11) is 0. The summed E-state index contributed by atoms with van der Waals surface area (Å²) in [6.07, 6.45) is 11.0. The van der Waals surface area contributed by atoms with Gasteiger partial charge in [-0.15, -0.1) is 6.26 Å². The predicted molar refractivity (Wildman–Crippen MR) is 230 cm³/mol. The molecule has 0 amide bonds. The normalized spacial score (nSPS) is 40.4. The van der Waals surface area contributed by atoms with E-state index in [1.807, 2.05) is 20.0 Å². The Kier molecular flexibility index (Phi) is 10.1. The Morgan fingerprint density at radius 1 is 1.05 bits per heavy atom. The summed E-state index contributed by atoms with van der Waals surface area (Å²) in [6.45, 7) is 21.3. The van der Waals surface area contributed by atoms with Crippen molar-refractivity contribution in [3.63, 3.8) is 0 Å². The lowest BCUT2D eigenvalue weighted by molar-refractivity contribution is -0.856. The van der Waals surface area contributed by atoms with Crippen molar-refractivity contribution in [3.05, 3.63) is 76.3 Å². The van der Waals surface area contributed by atoms with Crippen LogP contribution in [-0.4, -0.2) is 77.2 Å². The average molecular weight is 821 g/mol. The first-order chi connectivity index (χ1) is 28.3. The fraction of sp³-hybridized carbons (Fsp3) is 0.667. The minimum atomic E-state index is -0.775. The first kappa shape index (κ1) is 42.1. The molecule has 1 aromatic carbocycles. The molecular formula is C51H68N2O7. The molecule has 4 heterocycles.